The molecule has 2 aromatic carbocycles. The molecule has 1 aliphatic heterocycles. The summed E-state index contributed by atoms with van der Waals surface area (Å²) in [6.45, 7) is 4.06. The number of para-hydroxylation sites is 1. The largest absolute Gasteiger partial charge is 0.326 e. The quantitative estimate of drug-likeness (QED) is 0.889. The van der Waals surface area contributed by atoms with Crippen LogP contribution in [-0.2, 0) is 11.2 Å². The summed E-state index contributed by atoms with van der Waals surface area (Å²) in [5.41, 5.74) is 9.62. The van der Waals surface area contributed by atoms with Crippen LogP contribution in [0.5, 0.6) is 0 Å². The number of nitrogens with zero attached hydrogens (tertiary/aromatic N) is 1. The minimum Gasteiger partial charge on any atom is -0.326 e. The number of nitrogens with one attached hydrogen (secondary N) is 1. The first-order valence-electron chi connectivity index (χ1n) is 8.58. The number of likely N-dealkylation sites (tertiary alicyclic amines) is 1. The molecule has 1 saturated heterocycles. The Kier molecular flexibility index (Phi) is 5.28. The second kappa shape index (κ2) is 7.60. The van der Waals surface area contributed by atoms with Crippen molar-refractivity contribution in [3.63, 3.8) is 0 Å². The summed E-state index contributed by atoms with van der Waals surface area (Å²) >= 11 is 0. The number of amides is 1. The molecule has 0 saturated carbocycles. The topological polar surface area (TPSA) is 58.4 Å². The summed E-state index contributed by atoms with van der Waals surface area (Å²) in [4.78, 5) is 14.5. The van der Waals surface area contributed by atoms with Crippen molar-refractivity contribution in [2.45, 2.75) is 25.3 Å². The minimum absolute atomic E-state index is 0.0248. The molecule has 2 atom stereocenters. The van der Waals surface area contributed by atoms with Gasteiger partial charge in [0.1, 0.15) is 0 Å². The molecule has 0 aromatic heterocycles. The lowest BCUT2D eigenvalue weighted by Crippen LogP contribution is -2.33. The fraction of sp³-hybridized carbons (Fsp3) is 0.350. The van der Waals surface area contributed by atoms with Crippen LogP contribution in [-0.4, -0.2) is 36.5 Å². The number of rotatable bonds is 5. The highest BCUT2D eigenvalue weighted by Gasteiger charge is 2.31. The molecule has 0 spiro atoms. The predicted octanol–water partition coefficient (Wildman–Crippen LogP) is 2.61. The van der Waals surface area contributed by atoms with Crippen molar-refractivity contribution in [1.29, 1.82) is 0 Å². The summed E-state index contributed by atoms with van der Waals surface area (Å²) in [5, 5.41) is 3.04. The van der Waals surface area contributed by atoms with Gasteiger partial charge in [0.25, 0.3) is 0 Å². The first-order chi connectivity index (χ1) is 11.7. The van der Waals surface area contributed by atoms with Gasteiger partial charge in [-0.25, -0.2) is 0 Å². The third kappa shape index (κ3) is 3.83. The number of anilines is 1. The summed E-state index contributed by atoms with van der Waals surface area (Å²) < 4.78 is 0. The van der Waals surface area contributed by atoms with E-state index < -0.39 is 0 Å². The van der Waals surface area contributed by atoms with Gasteiger partial charge in [-0.15, -0.1) is 0 Å². The molecule has 0 unspecified atom stereocenters. The molecule has 1 aliphatic rings. The van der Waals surface area contributed by atoms with Gasteiger partial charge < -0.3 is 11.1 Å². The molecular weight excluding hydrogens is 298 g/mol. The van der Waals surface area contributed by atoms with E-state index in [-0.39, 0.29) is 11.9 Å². The van der Waals surface area contributed by atoms with Gasteiger partial charge in [-0.2, -0.15) is 0 Å². The minimum atomic E-state index is 0.0248. The Bertz CT molecular complexity index is 686. The van der Waals surface area contributed by atoms with Crippen LogP contribution in [0.25, 0.3) is 0 Å². The SMILES string of the molecule is CCc1ccccc1NC(=O)CN1C[C@@H](N)[C@H](c2ccccc2)C1. The Hall–Kier alpha value is -2.17. The predicted molar refractivity (Wildman–Crippen MR) is 98.0 cm³/mol. The molecule has 4 heteroatoms. The van der Waals surface area contributed by atoms with Crippen LogP contribution in [0.4, 0.5) is 5.69 Å². The van der Waals surface area contributed by atoms with E-state index in [2.05, 4.69) is 29.3 Å². The van der Waals surface area contributed by atoms with Gasteiger partial charge in [-0.3, -0.25) is 9.69 Å². The van der Waals surface area contributed by atoms with Crippen LogP contribution in [0.1, 0.15) is 24.0 Å². The standard InChI is InChI=1S/C20H25N3O/c1-2-15-8-6-7-11-19(15)22-20(24)14-23-12-17(18(21)13-23)16-9-4-3-5-10-16/h3-11,17-18H,2,12-14,21H2,1H3,(H,22,24)/t17-,18+/m0/s1. The zero-order valence-electron chi connectivity index (χ0n) is 14.1. The van der Waals surface area contributed by atoms with E-state index in [1.807, 2.05) is 42.5 Å². The van der Waals surface area contributed by atoms with Gasteiger partial charge in [0.05, 0.1) is 6.54 Å². The molecule has 126 valence electrons. The monoisotopic (exact) mass is 323 g/mol. The number of hydrogen-bond acceptors (Lipinski definition) is 3. The van der Waals surface area contributed by atoms with E-state index in [1.165, 1.54) is 5.56 Å². The van der Waals surface area contributed by atoms with Gasteiger partial charge in [0.2, 0.25) is 5.91 Å². The third-order valence-electron chi connectivity index (χ3n) is 4.71. The Morgan fingerprint density at radius 3 is 2.58 bits per heavy atom. The smallest absolute Gasteiger partial charge is 0.238 e. The molecular formula is C20H25N3O. The summed E-state index contributed by atoms with van der Waals surface area (Å²) in [6.07, 6.45) is 0.904. The van der Waals surface area contributed by atoms with E-state index in [1.54, 1.807) is 0 Å². The number of benzene rings is 2. The van der Waals surface area contributed by atoms with Gasteiger partial charge in [-0.1, -0.05) is 55.5 Å². The summed E-state index contributed by atoms with van der Waals surface area (Å²) in [5.74, 6) is 0.318. The van der Waals surface area contributed by atoms with Gasteiger partial charge in [0.15, 0.2) is 0 Å². The maximum absolute atomic E-state index is 12.4. The zero-order valence-corrected chi connectivity index (χ0v) is 14.1. The van der Waals surface area contributed by atoms with Crippen LogP contribution in [0.3, 0.4) is 0 Å². The highest BCUT2D eigenvalue weighted by atomic mass is 16.2. The van der Waals surface area contributed by atoms with Crippen LogP contribution in [0, 0.1) is 0 Å². The van der Waals surface area contributed by atoms with Crippen molar-refractivity contribution in [3.8, 4) is 0 Å². The van der Waals surface area contributed by atoms with Crippen molar-refractivity contribution < 1.29 is 4.79 Å². The van der Waals surface area contributed by atoms with E-state index in [0.717, 1.165) is 30.8 Å². The van der Waals surface area contributed by atoms with E-state index in [9.17, 15) is 4.79 Å². The molecule has 3 rings (SSSR count). The highest BCUT2D eigenvalue weighted by molar-refractivity contribution is 5.93. The Morgan fingerprint density at radius 2 is 1.83 bits per heavy atom. The number of aryl methyl sites for hydroxylation is 1. The molecule has 0 bridgehead atoms. The van der Waals surface area contributed by atoms with Crippen molar-refractivity contribution in [2.24, 2.45) is 5.73 Å². The lowest BCUT2D eigenvalue weighted by atomic mass is 9.95. The van der Waals surface area contributed by atoms with Crippen LogP contribution < -0.4 is 11.1 Å². The van der Waals surface area contributed by atoms with Gasteiger partial charge in [0, 0.05) is 30.7 Å². The van der Waals surface area contributed by atoms with Gasteiger partial charge in [-0.05, 0) is 23.6 Å². The average Bonchev–Trinajstić information content (AvgIpc) is 2.96. The fourth-order valence-electron chi connectivity index (χ4n) is 3.44. The number of carbonyl (C=O) groups excluding carboxylic acids is 1. The van der Waals surface area contributed by atoms with Crippen LogP contribution >= 0.6 is 0 Å². The van der Waals surface area contributed by atoms with Crippen LogP contribution in [0.15, 0.2) is 54.6 Å². The molecule has 2 aromatic rings. The molecule has 24 heavy (non-hydrogen) atoms. The Labute approximate surface area is 143 Å². The van der Waals surface area contributed by atoms with Gasteiger partial charge >= 0.3 is 0 Å². The maximum atomic E-state index is 12.4. The number of nitrogens with two attached hydrogens (primary N) is 1. The molecule has 0 radical (unpaired) electrons. The maximum Gasteiger partial charge on any atom is 0.238 e. The number of carbonyl (C=O) groups is 1. The second-order valence-electron chi connectivity index (χ2n) is 6.43. The zero-order chi connectivity index (χ0) is 16.9. The van der Waals surface area contributed by atoms with E-state index in [0.29, 0.717) is 12.5 Å². The first kappa shape index (κ1) is 16.7. The second-order valence-corrected chi connectivity index (χ2v) is 6.43. The lowest BCUT2D eigenvalue weighted by molar-refractivity contribution is -0.117. The third-order valence-corrected chi connectivity index (χ3v) is 4.71. The van der Waals surface area contributed by atoms with Crippen LogP contribution in [0.2, 0.25) is 0 Å². The molecule has 4 nitrogen and oxygen atoms in total. The van der Waals surface area contributed by atoms with Crippen molar-refractivity contribution in [1.82, 2.24) is 4.90 Å². The fourth-order valence-corrected chi connectivity index (χ4v) is 3.44. The number of hydrogen-bond donors (Lipinski definition) is 2. The molecule has 0 aliphatic carbocycles. The summed E-state index contributed by atoms with van der Waals surface area (Å²) in [7, 11) is 0. The molecule has 1 fully saturated rings. The van der Waals surface area contributed by atoms with E-state index in [4.69, 9.17) is 5.73 Å². The molecule has 1 heterocycles. The first-order valence-corrected chi connectivity index (χ1v) is 8.58. The normalized spacial score (nSPS) is 20.9. The molecule has 1 amide bonds. The molecule has 3 N–H and O–H groups in total. The van der Waals surface area contributed by atoms with Crippen molar-refractivity contribution in [2.75, 3.05) is 25.0 Å². The van der Waals surface area contributed by atoms with Crippen molar-refractivity contribution in [3.05, 3.63) is 65.7 Å². The Balaban J connectivity index is 1.60. The highest BCUT2D eigenvalue weighted by Crippen LogP contribution is 2.26. The Morgan fingerprint density at radius 1 is 1.12 bits per heavy atom. The summed E-state index contributed by atoms with van der Waals surface area (Å²) in [6, 6.07) is 18.4. The average molecular weight is 323 g/mol. The van der Waals surface area contributed by atoms with Crippen molar-refractivity contribution >= 4 is 11.6 Å². The lowest BCUT2D eigenvalue weighted by Gasteiger charge is -2.16. The van der Waals surface area contributed by atoms with E-state index >= 15 is 0 Å².